The van der Waals surface area contributed by atoms with E-state index in [1.54, 1.807) is 7.05 Å². The van der Waals surface area contributed by atoms with Gasteiger partial charge in [-0.15, -0.1) is 0 Å². The van der Waals surface area contributed by atoms with Gasteiger partial charge in [-0.2, -0.15) is 0 Å². The molecule has 1 fully saturated rings. The number of likely N-dealkylation sites (N-methyl/N-ethyl adjacent to an activating group) is 1. The van der Waals surface area contributed by atoms with Gasteiger partial charge < -0.3 is 10.6 Å². The monoisotopic (exact) mass is 288 g/mol. The molecule has 0 bridgehead atoms. The number of halogens is 3. The normalized spacial score (nSPS) is 16.3. The standard InChI is InChI=1S/C13H15ClF2N2O/c1-18(12(6-17)7-2-3-7)13(19)8-4-11(16)9(14)5-10(8)15/h4-5,7,12H,2-3,6,17H2,1H3. The summed E-state index contributed by atoms with van der Waals surface area (Å²) in [5.41, 5.74) is 5.32. The van der Waals surface area contributed by atoms with Crippen molar-refractivity contribution in [1.82, 2.24) is 4.90 Å². The summed E-state index contributed by atoms with van der Waals surface area (Å²) in [6.07, 6.45) is 2.02. The molecule has 1 unspecified atom stereocenters. The van der Waals surface area contributed by atoms with E-state index in [0.29, 0.717) is 12.5 Å². The number of carbonyl (C=O) groups is 1. The van der Waals surface area contributed by atoms with E-state index in [-0.39, 0.29) is 16.6 Å². The molecule has 19 heavy (non-hydrogen) atoms. The predicted octanol–water partition coefficient (Wildman–Crippen LogP) is 2.43. The summed E-state index contributed by atoms with van der Waals surface area (Å²) in [6, 6.07) is 1.51. The summed E-state index contributed by atoms with van der Waals surface area (Å²) in [5.74, 6) is -1.85. The zero-order valence-corrected chi connectivity index (χ0v) is 11.3. The van der Waals surface area contributed by atoms with Crippen molar-refractivity contribution in [3.63, 3.8) is 0 Å². The Balaban J connectivity index is 2.25. The third kappa shape index (κ3) is 2.87. The minimum atomic E-state index is -0.824. The van der Waals surface area contributed by atoms with Gasteiger partial charge >= 0.3 is 0 Å². The van der Waals surface area contributed by atoms with Gasteiger partial charge in [0.15, 0.2) is 0 Å². The molecule has 6 heteroatoms. The molecule has 1 atom stereocenters. The summed E-state index contributed by atoms with van der Waals surface area (Å²) in [4.78, 5) is 13.6. The van der Waals surface area contributed by atoms with Gasteiger partial charge in [0.25, 0.3) is 5.91 Å². The van der Waals surface area contributed by atoms with E-state index in [4.69, 9.17) is 17.3 Å². The van der Waals surface area contributed by atoms with Gasteiger partial charge in [0, 0.05) is 19.6 Å². The Morgan fingerprint density at radius 1 is 1.47 bits per heavy atom. The van der Waals surface area contributed by atoms with Gasteiger partial charge in [0.05, 0.1) is 10.6 Å². The predicted molar refractivity (Wildman–Crippen MR) is 69.0 cm³/mol. The van der Waals surface area contributed by atoms with Gasteiger partial charge in [-0.1, -0.05) is 11.6 Å². The molecule has 1 aromatic rings. The van der Waals surface area contributed by atoms with E-state index in [0.717, 1.165) is 25.0 Å². The molecule has 0 aromatic heterocycles. The molecule has 0 aliphatic heterocycles. The topological polar surface area (TPSA) is 46.3 Å². The lowest BCUT2D eigenvalue weighted by molar-refractivity contribution is 0.0713. The molecule has 1 aliphatic carbocycles. The van der Waals surface area contributed by atoms with Crippen LogP contribution in [0.1, 0.15) is 23.2 Å². The van der Waals surface area contributed by atoms with Crippen LogP contribution >= 0.6 is 11.6 Å². The van der Waals surface area contributed by atoms with Crippen LogP contribution in [0.3, 0.4) is 0 Å². The Labute approximate surface area is 115 Å². The number of nitrogens with zero attached hydrogens (tertiary/aromatic N) is 1. The molecule has 2 rings (SSSR count). The zero-order chi connectivity index (χ0) is 14.2. The second-order valence-electron chi connectivity index (χ2n) is 4.80. The van der Waals surface area contributed by atoms with Crippen molar-refractivity contribution >= 4 is 17.5 Å². The molecule has 1 aliphatic rings. The molecule has 104 valence electrons. The lowest BCUT2D eigenvalue weighted by atomic mass is 10.1. The first kappa shape index (κ1) is 14.2. The average molecular weight is 289 g/mol. The molecule has 0 radical (unpaired) electrons. The van der Waals surface area contributed by atoms with E-state index >= 15 is 0 Å². The highest BCUT2D eigenvalue weighted by Crippen LogP contribution is 2.35. The molecule has 3 nitrogen and oxygen atoms in total. The number of hydrogen-bond donors (Lipinski definition) is 1. The SMILES string of the molecule is CN(C(=O)c1cc(F)c(Cl)cc1F)C(CN)C1CC1. The molecule has 0 spiro atoms. The number of carbonyl (C=O) groups excluding carboxylic acids is 1. The number of benzene rings is 1. The highest BCUT2D eigenvalue weighted by Gasteiger charge is 2.35. The van der Waals surface area contributed by atoms with E-state index in [1.807, 2.05) is 0 Å². The Morgan fingerprint density at radius 3 is 2.63 bits per heavy atom. The van der Waals surface area contributed by atoms with Crippen LogP contribution in [0.4, 0.5) is 8.78 Å². The average Bonchev–Trinajstić information content (AvgIpc) is 3.18. The van der Waals surface area contributed by atoms with Crippen molar-refractivity contribution in [1.29, 1.82) is 0 Å². The highest BCUT2D eigenvalue weighted by atomic mass is 35.5. The molecular formula is C13H15ClF2N2O. The minimum Gasteiger partial charge on any atom is -0.337 e. The summed E-state index contributed by atoms with van der Waals surface area (Å²) in [5, 5.41) is -0.339. The maximum Gasteiger partial charge on any atom is 0.256 e. The van der Waals surface area contributed by atoms with Gasteiger partial charge in [0.1, 0.15) is 11.6 Å². The first-order valence-corrected chi connectivity index (χ1v) is 6.45. The van der Waals surface area contributed by atoms with E-state index in [9.17, 15) is 13.6 Å². The van der Waals surface area contributed by atoms with Crippen molar-refractivity contribution < 1.29 is 13.6 Å². The second kappa shape index (κ2) is 5.43. The molecule has 1 aromatic carbocycles. The Kier molecular flexibility index (Phi) is 4.06. The summed E-state index contributed by atoms with van der Waals surface area (Å²) in [6.45, 7) is 0.310. The van der Waals surface area contributed by atoms with Crippen molar-refractivity contribution in [2.75, 3.05) is 13.6 Å². The quantitative estimate of drug-likeness (QED) is 0.865. The fourth-order valence-electron chi connectivity index (χ4n) is 2.17. The number of rotatable bonds is 4. The summed E-state index contributed by atoms with van der Waals surface area (Å²) >= 11 is 5.46. The Morgan fingerprint density at radius 2 is 2.11 bits per heavy atom. The number of nitrogens with two attached hydrogens (primary N) is 1. The maximum absolute atomic E-state index is 13.7. The molecule has 1 amide bonds. The smallest absolute Gasteiger partial charge is 0.256 e. The third-order valence-corrected chi connectivity index (χ3v) is 3.76. The van der Waals surface area contributed by atoms with Crippen LogP contribution in [0.5, 0.6) is 0 Å². The summed E-state index contributed by atoms with van der Waals surface area (Å²) < 4.78 is 27.0. The first-order valence-electron chi connectivity index (χ1n) is 6.07. The van der Waals surface area contributed by atoms with Crippen molar-refractivity contribution in [3.05, 3.63) is 34.4 Å². The van der Waals surface area contributed by atoms with Gasteiger partial charge in [-0.25, -0.2) is 8.78 Å². The van der Waals surface area contributed by atoms with Gasteiger partial charge in [-0.05, 0) is 30.9 Å². The van der Waals surface area contributed by atoms with Crippen LogP contribution in [0.25, 0.3) is 0 Å². The fourth-order valence-corrected chi connectivity index (χ4v) is 2.33. The fraction of sp³-hybridized carbons (Fsp3) is 0.462. The lowest BCUT2D eigenvalue weighted by Crippen LogP contribution is -2.43. The van der Waals surface area contributed by atoms with Crippen LogP contribution in [-0.2, 0) is 0 Å². The number of hydrogen-bond acceptors (Lipinski definition) is 2. The first-order chi connectivity index (χ1) is 8.95. The van der Waals surface area contributed by atoms with Gasteiger partial charge in [0.2, 0.25) is 0 Å². The van der Waals surface area contributed by atoms with Crippen LogP contribution in [0.2, 0.25) is 5.02 Å². The molecule has 0 saturated heterocycles. The molecule has 1 saturated carbocycles. The zero-order valence-electron chi connectivity index (χ0n) is 10.5. The molecule has 2 N–H and O–H groups in total. The largest absolute Gasteiger partial charge is 0.337 e. The van der Waals surface area contributed by atoms with Crippen LogP contribution < -0.4 is 5.73 Å². The van der Waals surface area contributed by atoms with E-state index in [1.165, 1.54) is 4.90 Å². The van der Waals surface area contributed by atoms with Crippen molar-refractivity contribution in [3.8, 4) is 0 Å². The number of amides is 1. The van der Waals surface area contributed by atoms with E-state index < -0.39 is 17.5 Å². The lowest BCUT2D eigenvalue weighted by Gasteiger charge is -2.27. The van der Waals surface area contributed by atoms with Crippen molar-refractivity contribution in [2.45, 2.75) is 18.9 Å². The van der Waals surface area contributed by atoms with Crippen LogP contribution in [0, 0.1) is 17.6 Å². The third-order valence-electron chi connectivity index (χ3n) is 3.47. The minimum absolute atomic E-state index is 0.134. The van der Waals surface area contributed by atoms with Crippen molar-refractivity contribution in [2.24, 2.45) is 11.7 Å². The maximum atomic E-state index is 13.7. The molecular weight excluding hydrogens is 274 g/mol. The Hall–Kier alpha value is -1.20. The van der Waals surface area contributed by atoms with Crippen LogP contribution in [-0.4, -0.2) is 30.4 Å². The second-order valence-corrected chi connectivity index (χ2v) is 5.21. The highest BCUT2D eigenvalue weighted by molar-refractivity contribution is 6.30. The Bertz CT molecular complexity index is 506. The summed E-state index contributed by atoms with van der Waals surface area (Å²) in [7, 11) is 1.56. The van der Waals surface area contributed by atoms with E-state index in [2.05, 4.69) is 0 Å². The molecule has 0 heterocycles. The van der Waals surface area contributed by atoms with Gasteiger partial charge in [-0.3, -0.25) is 4.79 Å². The van der Waals surface area contributed by atoms with Crippen LogP contribution in [0.15, 0.2) is 12.1 Å².